The van der Waals surface area contributed by atoms with Gasteiger partial charge in [0.1, 0.15) is 5.82 Å². The van der Waals surface area contributed by atoms with Crippen LogP contribution in [-0.4, -0.2) is 29.5 Å². The van der Waals surface area contributed by atoms with Gasteiger partial charge in [-0.3, -0.25) is 9.59 Å². The molecule has 1 saturated heterocycles. The number of hydrogen-bond donors (Lipinski definition) is 2. The summed E-state index contributed by atoms with van der Waals surface area (Å²) in [6.07, 6.45) is 2.17. The van der Waals surface area contributed by atoms with Crippen LogP contribution in [0.3, 0.4) is 0 Å². The second-order valence-electron chi connectivity index (χ2n) is 7.84. The van der Waals surface area contributed by atoms with Crippen LogP contribution in [0, 0.1) is 19.7 Å². The number of halogens is 1. The topological polar surface area (TPSA) is 80.4 Å². The fourth-order valence-electron chi connectivity index (χ4n) is 4.19. The van der Waals surface area contributed by atoms with E-state index < -0.39 is 5.91 Å². The highest BCUT2D eigenvalue weighted by Gasteiger charge is 2.21. The molecule has 3 aromatic rings. The van der Waals surface area contributed by atoms with Gasteiger partial charge in [-0.25, -0.2) is 4.39 Å². The lowest BCUT2D eigenvalue weighted by molar-refractivity contribution is 0.0996. The summed E-state index contributed by atoms with van der Waals surface area (Å²) in [6, 6.07) is 13.1. The number of aryl methyl sites for hydroxylation is 1. The normalized spacial score (nSPS) is 13.5. The van der Waals surface area contributed by atoms with E-state index in [0.29, 0.717) is 16.8 Å². The number of aromatic nitrogens is 1. The van der Waals surface area contributed by atoms with Crippen molar-refractivity contribution in [2.45, 2.75) is 26.7 Å². The van der Waals surface area contributed by atoms with Crippen molar-refractivity contribution in [3.8, 4) is 5.69 Å². The van der Waals surface area contributed by atoms with Crippen molar-refractivity contribution < 1.29 is 14.0 Å². The number of nitrogens with zero attached hydrogens (tertiary/aromatic N) is 2. The quantitative estimate of drug-likeness (QED) is 0.650. The van der Waals surface area contributed by atoms with Gasteiger partial charge in [0.2, 0.25) is 5.91 Å². The van der Waals surface area contributed by atoms with Gasteiger partial charge in [-0.15, -0.1) is 0 Å². The number of benzene rings is 2. The summed E-state index contributed by atoms with van der Waals surface area (Å²) in [4.78, 5) is 27.1. The van der Waals surface area contributed by atoms with Crippen LogP contribution in [0.1, 0.15) is 44.9 Å². The lowest BCUT2D eigenvalue weighted by atomic mass is 10.1. The van der Waals surface area contributed by atoms with Gasteiger partial charge in [-0.05, 0) is 75.2 Å². The molecular weight excluding hydrogens is 395 g/mol. The van der Waals surface area contributed by atoms with Crippen LogP contribution in [0.5, 0.6) is 0 Å². The summed E-state index contributed by atoms with van der Waals surface area (Å²) in [5.74, 6) is -1.13. The van der Waals surface area contributed by atoms with Gasteiger partial charge in [0.25, 0.3) is 5.91 Å². The molecule has 0 radical (unpaired) electrons. The van der Waals surface area contributed by atoms with E-state index in [-0.39, 0.29) is 11.7 Å². The molecule has 0 spiro atoms. The Labute approximate surface area is 180 Å². The molecule has 1 aliphatic heterocycles. The minimum atomic E-state index is -0.544. The van der Waals surface area contributed by atoms with Crippen LogP contribution in [0.15, 0.2) is 48.5 Å². The molecule has 2 amide bonds. The smallest absolute Gasteiger partial charge is 0.257 e. The molecule has 1 aliphatic rings. The second-order valence-corrected chi connectivity index (χ2v) is 7.84. The minimum Gasteiger partial charge on any atom is -0.370 e. The zero-order valence-electron chi connectivity index (χ0n) is 17.6. The zero-order valence-corrected chi connectivity index (χ0v) is 17.6. The van der Waals surface area contributed by atoms with Crippen molar-refractivity contribution >= 4 is 23.2 Å². The van der Waals surface area contributed by atoms with Crippen molar-refractivity contribution in [3.05, 3.63) is 76.9 Å². The van der Waals surface area contributed by atoms with Crippen LogP contribution < -0.4 is 16.0 Å². The number of amides is 2. The lowest BCUT2D eigenvalue weighted by Gasteiger charge is -2.22. The number of rotatable bonds is 5. The molecule has 4 rings (SSSR count). The Morgan fingerprint density at radius 1 is 1.00 bits per heavy atom. The lowest BCUT2D eigenvalue weighted by Crippen LogP contribution is -2.22. The van der Waals surface area contributed by atoms with E-state index in [0.717, 1.165) is 48.7 Å². The minimum absolute atomic E-state index is 0.275. The van der Waals surface area contributed by atoms with E-state index >= 15 is 0 Å². The fourth-order valence-corrected chi connectivity index (χ4v) is 4.19. The van der Waals surface area contributed by atoms with Gasteiger partial charge >= 0.3 is 0 Å². The molecule has 7 heteroatoms. The van der Waals surface area contributed by atoms with Crippen LogP contribution >= 0.6 is 0 Å². The second kappa shape index (κ2) is 8.26. The summed E-state index contributed by atoms with van der Waals surface area (Å²) < 4.78 is 15.2. The maximum absolute atomic E-state index is 13.3. The largest absolute Gasteiger partial charge is 0.370 e. The number of nitrogens with one attached hydrogen (secondary N) is 1. The Balaban J connectivity index is 1.68. The first-order valence-electron chi connectivity index (χ1n) is 10.3. The Morgan fingerprint density at radius 3 is 2.32 bits per heavy atom. The average molecular weight is 420 g/mol. The first-order chi connectivity index (χ1) is 14.8. The molecule has 6 nitrogen and oxygen atoms in total. The molecule has 0 atom stereocenters. The number of primary amides is 1. The third-order valence-corrected chi connectivity index (χ3v) is 5.74. The number of hydrogen-bond acceptors (Lipinski definition) is 3. The fraction of sp³-hybridized carbons (Fsp3) is 0.250. The van der Waals surface area contributed by atoms with Crippen LogP contribution in [0.25, 0.3) is 5.69 Å². The first kappa shape index (κ1) is 20.7. The molecule has 2 heterocycles. The molecule has 0 bridgehead atoms. The summed E-state index contributed by atoms with van der Waals surface area (Å²) in [7, 11) is 0. The van der Waals surface area contributed by atoms with E-state index in [2.05, 4.69) is 10.2 Å². The number of carbonyl (C=O) groups excluding carboxylic acids is 2. The van der Waals surface area contributed by atoms with Gasteiger partial charge in [0.05, 0.1) is 16.9 Å². The van der Waals surface area contributed by atoms with E-state index in [1.165, 1.54) is 12.1 Å². The van der Waals surface area contributed by atoms with Crippen molar-refractivity contribution in [1.29, 1.82) is 0 Å². The molecule has 0 saturated carbocycles. The highest BCUT2D eigenvalue weighted by atomic mass is 19.1. The standard InChI is InChI=1S/C24H25FN4O2/c1-15-13-20(16(2)29(15)19-8-6-18(25)7-9-19)24(31)27-21-14-17(23(26)30)5-10-22(21)28-11-3-4-12-28/h5-10,13-14H,3-4,11-12H2,1-2H3,(H2,26,30)(H,27,31). The van der Waals surface area contributed by atoms with Gasteiger partial charge in [-0.2, -0.15) is 0 Å². The predicted octanol–water partition coefficient (Wildman–Crippen LogP) is 4.18. The predicted molar refractivity (Wildman–Crippen MR) is 120 cm³/mol. The van der Waals surface area contributed by atoms with Crippen molar-refractivity contribution in [2.75, 3.05) is 23.3 Å². The maximum atomic E-state index is 13.3. The average Bonchev–Trinajstić information content (AvgIpc) is 3.37. The Morgan fingerprint density at radius 2 is 1.68 bits per heavy atom. The molecule has 0 unspecified atom stereocenters. The number of anilines is 2. The van der Waals surface area contributed by atoms with E-state index in [9.17, 15) is 14.0 Å². The Bertz CT molecular complexity index is 1150. The highest BCUT2D eigenvalue weighted by molar-refractivity contribution is 6.08. The van der Waals surface area contributed by atoms with Crippen molar-refractivity contribution in [1.82, 2.24) is 4.57 Å². The highest BCUT2D eigenvalue weighted by Crippen LogP contribution is 2.31. The molecule has 1 fully saturated rings. The number of carbonyl (C=O) groups is 2. The SMILES string of the molecule is Cc1cc(C(=O)Nc2cc(C(N)=O)ccc2N2CCCC2)c(C)n1-c1ccc(F)cc1. The number of nitrogens with two attached hydrogens (primary N) is 1. The third-order valence-electron chi connectivity index (χ3n) is 5.74. The van der Waals surface area contributed by atoms with Crippen LogP contribution in [0.4, 0.5) is 15.8 Å². The van der Waals surface area contributed by atoms with Gasteiger partial charge in [-0.1, -0.05) is 0 Å². The van der Waals surface area contributed by atoms with Crippen LogP contribution in [0.2, 0.25) is 0 Å². The molecule has 31 heavy (non-hydrogen) atoms. The molecule has 3 N–H and O–H groups in total. The van der Waals surface area contributed by atoms with E-state index in [1.807, 2.05) is 30.5 Å². The molecule has 2 aromatic carbocycles. The molecular formula is C24H25FN4O2. The van der Waals surface area contributed by atoms with E-state index in [1.54, 1.807) is 24.3 Å². The Hall–Kier alpha value is -3.61. The molecule has 1 aromatic heterocycles. The zero-order chi connectivity index (χ0) is 22.1. The summed E-state index contributed by atoms with van der Waals surface area (Å²) in [6.45, 7) is 5.55. The monoisotopic (exact) mass is 420 g/mol. The van der Waals surface area contributed by atoms with Crippen molar-refractivity contribution in [3.63, 3.8) is 0 Å². The van der Waals surface area contributed by atoms with Crippen molar-refractivity contribution in [2.24, 2.45) is 5.73 Å². The summed E-state index contributed by atoms with van der Waals surface area (Å²) in [5.41, 5.74) is 10.1. The molecule has 0 aliphatic carbocycles. The summed E-state index contributed by atoms with van der Waals surface area (Å²) >= 11 is 0. The first-order valence-corrected chi connectivity index (χ1v) is 10.3. The third kappa shape index (κ3) is 4.03. The molecule has 160 valence electrons. The van der Waals surface area contributed by atoms with Crippen LogP contribution in [-0.2, 0) is 0 Å². The maximum Gasteiger partial charge on any atom is 0.257 e. The van der Waals surface area contributed by atoms with Gasteiger partial charge in [0, 0.05) is 35.7 Å². The Kier molecular flexibility index (Phi) is 5.50. The van der Waals surface area contributed by atoms with E-state index in [4.69, 9.17) is 5.73 Å². The summed E-state index contributed by atoms with van der Waals surface area (Å²) in [5, 5.41) is 2.98. The van der Waals surface area contributed by atoms with Gasteiger partial charge < -0.3 is 20.5 Å². The van der Waals surface area contributed by atoms with Gasteiger partial charge in [0.15, 0.2) is 0 Å².